The molecule has 2 saturated heterocycles. The molecule has 3 unspecified atom stereocenters. The van der Waals surface area contributed by atoms with Gasteiger partial charge in [0.2, 0.25) is 11.9 Å². The van der Waals surface area contributed by atoms with Crippen LogP contribution in [0.25, 0.3) is 11.0 Å². The molecular weight excluding hydrogens is 456 g/mol. The fourth-order valence-corrected chi connectivity index (χ4v) is 6.38. The Balaban J connectivity index is 1.24. The standard InChI is InChI=1S/C26H36N8O2/c1-15-20(33-14-17-11-27-13-19(17)24(33)35)8-9-22(29-15)30-26-28-12-16-10-21(25(36)32(2)3)34(23(16)31-26)18-6-4-5-7-18/h8-10,12,15,17-20,25,27,36H,4-7,11,13-14H2,1-3H3,(H,28,29,30,31)/t15?,17-,19-,20?,25?/m1/s1. The van der Waals surface area contributed by atoms with Crippen molar-refractivity contribution in [2.24, 2.45) is 16.8 Å². The van der Waals surface area contributed by atoms with Crippen molar-refractivity contribution < 1.29 is 9.90 Å². The number of amides is 1. The SMILES string of the molecule is CC1N=C(Nc2ncc3cc(C(O)N(C)C)n(C4CCCC4)c3n2)C=CC1N1C[C@H]2CNC[C@H]2C1=O. The predicted molar refractivity (Wildman–Crippen MR) is 139 cm³/mol. The molecule has 1 aliphatic carbocycles. The fraction of sp³-hybridized carbons (Fsp3) is 0.615. The Morgan fingerprint density at radius 3 is 2.78 bits per heavy atom. The van der Waals surface area contributed by atoms with Crippen LogP contribution >= 0.6 is 0 Å². The molecule has 10 heteroatoms. The number of aliphatic hydroxyl groups excluding tert-OH is 1. The normalized spacial score (nSPS) is 29.4. The number of aromatic nitrogens is 3. The first kappa shape index (κ1) is 23.6. The van der Waals surface area contributed by atoms with E-state index >= 15 is 0 Å². The third-order valence-corrected chi connectivity index (χ3v) is 8.31. The molecule has 1 saturated carbocycles. The summed E-state index contributed by atoms with van der Waals surface area (Å²) in [6, 6.07) is 2.26. The van der Waals surface area contributed by atoms with E-state index in [4.69, 9.17) is 9.98 Å². The zero-order valence-corrected chi connectivity index (χ0v) is 21.3. The van der Waals surface area contributed by atoms with Crippen LogP contribution in [-0.4, -0.2) is 87.0 Å². The van der Waals surface area contributed by atoms with Crippen LogP contribution in [0.1, 0.15) is 50.6 Å². The largest absolute Gasteiger partial charge is 0.373 e. The van der Waals surface area contributed by atoms with Gasteiger partial charge in [-0.2, -0.15) is 4.98 Å². The molecule has 4 aliphatic rings. The van der Waals surface area contributed by atoms with Crippen molar-refractivity contribution in [3.63, 3.8) is 0 Å². The van der Waals surface area contributed by atoms with E-state index in [-0.39, 0.29) is 23.9 Å². The molecule has 1 amide bonds. The summed E-state index contributed by atoms with van der Waals surface area (Å²) >= 11 is 0. The van der Waals surface area contributed by atoms with Gasteiger partial charge in [0, 0.05) is 43.2 Å². The first-order valence-corrected chi connectivity index (χ1v) is 13.2. The number of aliphatic imine (C=N–C) groups is 1. The van der Waals surface area contributed by atoms with Crippen molar-refractivity contribution in [2.75, 3.05) is 39.0 Å². The van der Waals surface area contributed by atoms with E-state index in [1.54, 1.807) is 4.90 Å². The van der Waals surface area contributed by atoms with Gasteiger partial charge in [-0.25, -0.2) is 4.98 Å². The zero-order valence-electron chi connectivity index (χ0n) is 21.3. The zero-order chi connectivity index (χ0) is 25.0. The molecule has 0 aromatic carbocycles. The van der Waals surface area contributed by atoms with Gasteiger partial charge in [0.1, 0.15) is 17.7 Å². The molecule has 10 nitrogen and oxygen atoms in total. The highest BCUT2D eigenvalue weighted by molar-refractivity contribution is 6.04. The fourth-order valence-electron chi connectivity index (χ4n) is 6.38. The topological polar surface area (TPSA) is 111 Å². The second-order valence-electron chi connectivity index (χ2n) is 10.9. The number of carbonyl (C=O) groups is 1. The number of dihydropyridines is 1. The molecule has 6 rings (SSSR count). The molecule has 0 radical (unpaired) electrons. The van der Waals surface area contributed by atoms with Gasteiger partial charge in [-0.1, -0.05) is 18.9 Å². The Bertz CT molecular complexity index is 1210. The van der Waals surface area contributed by atoms with Gasteiger partial charge in [0.25, 0.3) is 0 Å². The summed E-state index contributed by atoms with van der Waals surface area (Å²) in [6.45, 7) is 4.56. The summed E-state index contributed by atoms with van der Waals surface area (Å²) in [5.74, 6) is 1.95. The van der Waals surface area contributed by atoms with E-state index < -0.39 is 6.23 Å². The van der Waals surface area contributed by atoms with Crippen molar-refractivity contribution in [1.29, 1.82) is 0 Å². The monoisotopic (exact) mass is 492 g/mol. The van der Waals surface area contributed by atoms with Crippen LogP contribution in [0.3, 0.4) is 0 Å². The Labute approximate surface area is 211 Å². The number of hydrogen-bond acceptors (Lipinski definition) is 8. The summed E-state index contributed by atoms with van der Waals surface area (Å²) < 4.78 is 2.21. The molecule has 5 heterocycles. The van der Waals surface area contributed by atoms with Crippen LogP contribution in [0.5, 0.6) is 0 Å². The number of hydrogen-bond donors (Lipinski definition) is 3. The van der Waals surface area contributed by atoms with Gasteiger partial charge < -0.3 is 25.2 Å². The summed E-state index contributed by atoms with van der Waals surface area (Å²) in [5, 5.41) is 18.4. The smallest absolute Gasteiger partial charge is 0.230 e. The first-order chi connectivity index (χ1) is 17.4. The lowest BCUT2D eigenvalue weighted by Crippen LogP contribution is -2.45. The van der Waals surface area contributed by atoms with E-state index in [0.717, 1.165) is 49.2 Å². The van der Waals surface area contributed by atoms with E-state index in [1.165, 1.54) is 12.8 Å². The van der Waals surface area contributed by atoms with E-state index in [2.05, 4.69) is 33.2 Å². The highest BCUT2D eigenvalue weighted by Crippen LogP contribution is 2.37. The quantitative estimate of drug-likeness (QED) is 0.547. The summed E-state index contributed by atoms with van der Waals surface area (Å²) in [7, 11) is 3.75. The summed E-state index contributed by atoms with van der Waals surface area (Å²) in [6.07, 6.45) is 9.69. The molecule has 192 valence electrons. The Kier molecular flexibility index (Phi) is 6.05. The van der Waals surface area contributed by atoms with Gasteiger partial charge in [-0.05, 0) is 46.0 Å². The lowest BCUT2D eigenvalue weighted by Gasteiger charge is -2.31. The maximum Gasteiger partial charge on any atom is 0.230 e. The average molecular weight is 493 g/mol. The number of nitrogens with one attached hydrogen (secondary N) is 2. The lowest BCUT2D eigenvalue weighted by atomic mass is 10.0. The Hall–Kier alpha value is -2.82. The number of nitrogens with zero attached hydrogens (tertiary/aromatic N) is 6. The average Bonchev–Trinajstić information content (AvgIpc) is 3.64. The van der Waals surface area contributed by atoms with Gasteiger partial charge in [-0.15, -0.1) is 0 Å². The first-order valence-electron chi connectivity index (χ1n) is 13.2. The maximum absolute atomic E-state index is 12.9. The molecule has 2 aromatic heterocycles. The van der Waals surface area contributed by atoms with E-state index in [9.17, 15) is 9.90 Å². The van der Waals surface area contributed by atoms with Crippen molar-refractivity contribution in [3.05, 3.63) is 30.1 Å². The third-order valence-electron chi connectivity index (χ3n) is 8.31. The van der Waals surface area contributed by atoms with E-state index in [1.807, 2.05) is 37.3 Å². The maximum atomic E-state index is 12.9. The second-order valence-corrected chi connectivity index (χ2v) is 10.9. The van der Waals surface area contributed by atoms with Crippen LogP contribution in [0.15, 0.2) is 29.4 Å². The number of aliphatic hydroxyl groups is 1. The Morgan fingerprint density at radius 2 is 2.06 bits per heavy atom. The second kappa shape index (κ2) is 9.24. The van der Waals surface area contributed by atoms with Crippen LogP contribution < -0.4 is 10.6 Å². The van der Waals surface area contributed by atoms with Gasteiger partial charge in [-0.3, -0.25) is 14.7 Å². The molecule has 5 atom stereocenters. The predicted octanol–water partition coefficient (Wildman–Crippen LogP) is 1.91. The van der Waals surface area contributed by atoms with Crippen LogP contribution in [0.4, 0.5) is 5.95 Å². The molecule has 36 heavy (non-hydrogen) atoms. The number of rotatable bonds is 5. The number of fused-ring (bicyclic) bond motifs is 2. The highest BCUT2D eigenvalue weighted by atomic mass is 16.3. The highest BCUT2D eigenvalue weighted by Gasteiger charge is 2.46. The van der Waals surface area contributed by atoms with Crippen molar-refractivity contribution in [3.8, 4) is 0 Å². The third kappa shape index (κ3) is 4.01. The number of likely N-dealkylation sites (tertiary alicyclic amines) is 1. The molecule has 2 aromatic rings. The molecule has 0 spiro atoms. The van der Waals surface area contributed by atoms with Crippen LogP contribution in [-0.2, 0) is 4.79 Å². The minimum atomic E-state index is -0.705. The van der Waals surface area contributed by atoms with Crippen LogP contribution in [0, 0.1) is 11.8 Å². The lowest BCUT2D eigenvalue weighted by molar-refractivity contribution is -0.132. The Morgan fingerprint density at radius 1 is 1.25 bits per heavy atom. The number of carbonyl (C=O) groups excluding carboxylic acids is 1. The van der Waals surface area contributed by atoms with E-state index in [0.29, 0.717) is 23.7 Å². The van der Waals surface area contributed by atoms with Crippen molar-refractivity contribution in [1.82, 2.24) is 29.7 Å². The molecule has 0 bridgehead atoms. The number of amidine groups is 1. The molecule has 3 N–H and O–H groups in total. The summed E-state index contributed by atoms with van der Waals surface area (Å²) in [4.78, 5) is 31.0. The van der Waals surface area contributed by atoms with Crippen molar-refractivity contribution in [2.45, 2.75) is 57.0 Å². The van der Waals surface area contributed by atoms with Gasteiger partial charge in [0.05, 0.1) is 23.7 Å². The minimum Gasteiger partial charge on any atom is -0.373 e. The van der Waals surface area contributed by atoms with Crippen molar-refractivity contribution >= 4 is 28.7 Å². The molecular formula is C26H36N8O2. The summed E-state index contributed by atoms with van der Waals surface area (Å²) in [5.41, 5.74) is 1.69. The molecule has 3 fully saturated rings. The van der Waals surface area contributed by atoms with Gasteiger partial charge >= 0.3 is 0 Å². The molecule has 3 aliphatic heterocycles. The number of anilines is 1. The van der Waals surface area contributed by atoms with Crippen LogP contribution in [0.2, 0.25) is 0 Å². The minimum absolute atomic E-state index is 0.0215. The van der Waals surface area contributed by atoms with Gasteiger partial charge in [0.15, 0.2) is 0 Å².